The fourth-order valence-electron chi connectivity index (χ4n) is 3.24. The summed E-state index contributed by atoms with van der Waals surface area (Å²) in [5.74, 6) is -0.718. The van der Waals surface area contributed by atoms with Crippen molar-refractivity contribution in [1.29, 1.82) is 0 Å². The van der Waals surface area contributed by atoms with Crippen LogP contribution in [0.25, 0.3) is 0 Å². The summed E-state index contributed by atoms with van der Waals surface area (Å²) in [6.45, 7) is 0.711. The molecule has 158 valence electrons. The number of likely N-dealkylation sites (tertiary alicyclic amines) is 1. The first-order valence-electron chi connectivity index (χ1n) is 14.4. The van der Waals surface area contributed by atoms with E-state index in [4.69, 9.17) is 18.4 Å². The van der Waals surface area contributed by atoms with Crippen molar-refractivity contribution < 1.29 is 23.2 Å². The number of benzene rings is 1. The maximum atomic E-state index is 13.3. The molecule has 0 atom stereocenters. The van der Waals surface area contributed by atoms with Crippen LogP contribution in [0.4, 0.5) is 5.69 Å². The lowest BCUT2D eigenvalue weighted by Crippen LogP contribution is -2.59. The third-order valence-corrected chi connectivity index (χ3v) is 4.88. The van der Waals surface area contributed by atoms with Crippen LogP contribution in [0.5, 0.6) is 0 Å². The number of para-hydroxylation sites is 1. The second-order valence-corrected chi connectivity index (χ2v) is 6.53. The van der Waals surface area contributed by atoms with E-state index < -0.39 is 66.8 Å². The third-order valence-electron chi connectivity index (χ3n) is 4.88. The normalized spacial score (nSPS) is 22.6. The fourth-order valence-corrected chi connectivity index (χ4v) is 3.24. The number of carbonyl (C=O) groups excluding carboxylic acids is 1. The van der Waals surface area contributed by atoms with Crippen LogP contribution in [0.1, 0.15) is 46.8 Å². The van der Waals surface area contributed by atoms with Crippen LogP contribution in [0.3, 0.4) is 0 Å². The van der Waals surface area contributed by atoms with Crippen LogP contribution < -0.4 is 10.6 Å². The van der Waals surface area contributed by atoms with Gasteiger partial charge in [-0.05, 0) is 29.4 Å². The minimum absolute atomic E-state index is 0.0155. The summed E-state index contributed by atoms with van der Waals surface area (Å²) in [7, 11) is -3.03. The predicted molar refractivity (Wildman–Crippen MR) is 110 cm³/mol. The molecule has 29 heavy (non-hydrogen) atoms. The van der Waals surface area contributed by atoms with Crippen LogP contribution in [0.2, 0.25) is 0 Å². The highest BCUT2D eigenvalue weighted by atomic mass is 16.5. The van der Waals surface area contributed by atoms with E-state index >= 15 is 0 Å². The lowest BCUT2D eigenvalue weighted by Gasteiger charge is -2.47. The van der Waals surface area contributed by atoms with Crippen LogP contribution in [-0.2, 0) is 22.6 Å². The van der Waals surface area contributed by atoms with E-state index in [0.29, 0.717) is 4.68 Å². The number of ether oxygens (including phenoxy) is 1. The molecule has 0 bridgehead atoms. The molecule has 1 aromatic heterocycles. The number of amides is 1. The zero-order chi connectivity index (χ0) is 29.5. The highest BCUT2D eigenvalue weighted by molar-refractivity contribution is 5.94. The van der Waals surface area contributed by atoms with Gasteiger partial charge in [0.25, 0.3) is 0 Å². The number of hydrogen-bond donors (Lipinski definition) is 0. The smallest absolute Gasteiger partial charge is 0.358 e. The minimum atomic E-state index is -3.03. The average molecular weight is 413 g/mol. The van der Waals surface area contributed by atoms with Crippen LogP contribution >= 0.6 is 0 Å². The molecule has 0 spiro atoms. The molecule has 1 fully saturated rings. The van der Waals surface area contributed by atoms with Crippen molar-refractivity contribution >= 4 is 11.6 Å². The molecule has 0 radical (unpaired) electrons. The Bertz CT molecular complexity index is 1260. The van der Waals surface area contributed by atoms with Gasteiger partial charge in [0.15, 0.2) is 0 Å². The SMILES string of the molecule is [2H]c1c([2H])c([2H])c(N(C(=O)CC)C2(OC([2H])([2H])[2H])CCN(CC([2H])([2H])n3nnn(CC)c3=O)CC2)c([2H])c1[2H]. The molecule has 1 saturated heterocycles. The molecule has 0 N–H and O–H groups in total. The Morgan fingerprint density at radius 2 is 1.97 bits per heavy atom. The molecule has 1 aliphatic heterocycles. The van der Waals surface area contributed by atoms with Crippen LogP contribution in [0, 0.1) is 0 Å². The molecule has 0 unspecified atom stereocenters. The Morgan fingerprint density at radius 1 is 1.28 bits per heavy atom. The Morgan fingerprint density at radius 3 is 2.55 bits per heavy atom. The molecule has 9 nitrogen and oxygen atoms in total. The second-order valence-electron chi connectivity index (χ2n) is 6.53. The summed E-state index contributed by atoms with van der Waals surface area (Å²) in [5.41, 5.74) is -3.17. The molecule has 0 saturated carbocycles. The van der Waals surface area contributed by atoms with Crippen molar-refractivity contribution in [1.82, 2.24) is 24.7 Å². The van der Waals surface area contributed by atoms with E-state index in [-0.39, 0.29) is 45.4 Å². The zero-order valence-electron chi connectivity index (χ0n) is 26.4. The molecule has 1 aliphatic rings. The van der Waals surface area contributed by atoms with E-state index in [1.165, 1.54) is 6.92 Å². The summed E-state index contributed by atoms with van der Waals surface area (Å²) in [6.07, 6.45) is -0.589. The highest BCUT2D eigenvalue weighted by Crippen LogP contribution is 2.34. The van der Waals surface area contributed by atoms with Gasteiger partial charge in [0, 0.05) is 58.2 Å². The number of aromatic nitrogens is 4. The third kappa shape index (κ3) is 4.40. The molecule has 1 aromatic carbocycles. The topological polar surface area (TPSA) is 85.5 Å². The average Bonchev–Trinajstić information content (AvgIpc) is 3.25. The quantitative estimate of drug-likeness (QED) is 0.608. The van der Waals surface area contributed by atoms with Crippen molar-refractivity contribution in [3.8, 4) is 0 Å². The van der Waals surface area contributed by atoms with Crippen LogP contribution in [-0.4, -0.2) is 63.0 Å². The van der Waals surface area contributed by atoms with E-state index in [9.17, 15) is 9.59 Å². The molecule has 2 heterocycles. The Hall–Kier alpha value is -2.52. The van der Waals surface area contributed by atoms with Gasteiger partial charge in [-0.15, -0.1) is 0 Å². The van der Waals surface area contributed by atoms with Gasteiger partial charge in [0.1, 0.15) is 5.72 Å². The van der Waals surface area contributed by atoms with Gasteiger partial charge in [-0.1, -0.05) is 25.1 Å². The Balaban J connectivity index is 2.03. The lowest BCUT2D eigenvalue weighted by molar-refractivity contribution is -0.128. The Labute approximate surface area is 184 Å². The molecule has 1 amide bonds. The van der Waals surface area contributed by atoms with Crippen LogP contribution in [0.15, 0.2) is 35.0 Å². The van der Waals surface area contributed by atoms with Gasteiger partial charge < -0.3 is 9.64 Å². The van der Waals surface area contributed by atoms with E-state index in [1.807, 2.05) is 0 Å². The summed E-state index contributed by atoms with van der Waals surface area (Å²) in [4.78, 5) is 28.1. The van der Waals surface area contributed by atoms with E-state index in [1.54, 1.807) is 11.8 Å². The van der Waals surface area contributed by atoms with Crippen molar-refractivity contribution in [2.75, 3.05) is 31.6 Å². The van der Waals surface area contributed by atoms with Gasteiger partial charge in [0.2, 0.25) is 5.91 Å². The number of piperidine rings is 1. The molecule has 0 aliphatic carbocycles. The lowest BCUT2D eigenvalue weighted by atomic mass is 9.96. The largest absolute Gasteiger partial charge is 0.363 e. The zero-order valence-corrected chi connectivity index (χ0v) is 16.4. The summed E-state index contributed by atoms with van der Waals surface area (Å²) >= 11 is 0. The molecule has 9 heteroatoms. The van der Waals surface area contributed by atoms with Gasteiger partial charge in [-0.2, -0.15) is 9.36 Å². The number of methoxy groups -OCH3 is 1. The number of rotatable bonds is 8. The standard InChI is InChI=1S/C20H30N6O3/c1-4-18(27)26(17-9-7-6-8-10-17)20(29-3)11-13-23(14-12-20)15-16-25-19(28)24(5-2)21-22-25/h6-10H,4-5,11-16H2,1-3H3/i3D3,6D,7D,8D,9D,10D,16D2. The number of aryl methyl sites for hydroxylation is 1. The molecular weight excluding hydrogens is 372 g/mol. The number of hydrogen-bond acceptors (Lipinski definition) is 6. The summed E-state index contributed by atoms with van der Waals surface area (Å²) in [5, 5.41) is 7.25. The monoisotopic (exact) mass is 412 g/mol. The maximum Gasteiger partial charge on any atom is 0.363 e. The number of nitrogens with zero attached hydrogens (tertiary/aromatic N) is 6. The number of anilines is 1. The van der Waals surface area contributed by atoms with Gasteiger partial charge >= 0.3 is 5.69 Å². The van der Waals surface area contributed by atoms with Crippen molar-refractivity contribution in [3.63, 3.8) is 0 Å². The van der Waals surface area contributed by atoms with Gasteiger partial charge in [-0.3, -0.25) is 9.69 Å². The van der Waals surface area contributed by atoms with E-state index in [0.717, 1.165) is 9.58 Å². The first-order chi connectivity index (χ1) is 18.0. The molecule has 3 rings (SSSR count). The molecule has 2 aromatic rings. The van der Waals surface area contributed by atoms with E-state index in [2.05, 4.69) is 10.4 Å². The van der Waals surface area contributed by atoms with Gasteiger partial charge in [-0.25, -0.2) is 4.79 Å². The van der Waals surface area contributed by atoms with Crippen molar-refractivity contribution in [2.24, 2.45) is 0 Å². The summed E-state index contributed by atoms with van der Waals surface area (Å²) in [6, 6.07) is -3.43. The molecular formula is C20H30N6O3. The summed E-state index contributed by atoms with van der Waals surface area (Å²) < 4.78 is 88.0. The van der Waals surface area contributed by atoms with Gasteiger partial charge in [0.05, 0.1) is 20.2 Å². The minimum Gasteiger partial charge on any atom is -0.358 e. The first kappa shape index (κ1) is 11.6. The highest BCUT2D eigenvalue weighted by Gasteiger charge is 2.43. The van der Waals surface area contributed by atoms with Crippen molar-refractivity contribution in [3.05, 3.63) is 40.7 Å². The Kier molecular flexibility index (Phi) is 3.73. The number of carbonyl (C=O) groups is 1. The second kappa shape index (κ2) is 9.32. The maximum absolute atomic E-state index is 13.3. The predicted octanol–water partition coefficient (Wildman–Crippen LogP) is 1.34. The first-order valence-corrected chi connectivity index (χ1v) is 9.35. The fraction of sp³-hybridized carbons (Fsp3) is 0.600. The van der Waals surface area contributed by atoms with Crippen molar-refractivity contribution in [2.45, 2.75) is 51.9 Å². The number of tetrazole rings is 1.